The zero-order chi connectivity index (χ0) is 13.8. The third kappa shape index (κ3) is 3.17. The van der Waals surface area contributed by atoms with Crippen molar-refractivity contribution in [2.45, 2.75) is 19.4 Å². The van der Waals surface area contributed by atoms with Crippen LogP contribution in [0.3, 0.4) is 0 Å². The summed E-state index contributed by atoms with van der Waals surface area (Å²) in [4.78, 5) is 10.3. The van der Waals surface area contributed by atoms with Gasteiger partial charge in [-0.25, -0.2) is 0 Å². The van der Waals surface area contributed by atoms with Crippen LogP contribution in [0.1, 0.15) is 22.8 Å². The molecule has 2 rings (SSSR count). The Morgan fingerprint density at radius 3 is 2.47 bits per heavy atom. The van der Waals surface area contributed by atoms with Crippen LogP contribution in [0.15, 0.2) is 48.5 Å². The summed E-state index contributed by atoms with van der Waals surface area (Å²) >= 11 is 0. The van der Waals surface area contributed by atoms with Crippen molar-refractivity contribution >= 4 is 5.69 Å². The Hall–Kier alpha value is -2.20. The van der Waals surface area contributed by atoms with Gasteiger partial charge in [0.15, 0.2) is 0 Å². The van der Waals surface area contributed by atoms with Gasteiger partial charge in [0.2, 0.25) is 0 Å². The predicted molar refractivity (Wildman–Crippen MR) is 72.9 cm³/mol. The standard InChI is InChI=1S/C15H15NO3/c1-11-9-14(16(18)19)8-7-13(11)10-15(17)12-5-3-2-4-6-12/h2-9,15,17H,10H2,1H3. The molecule has 0 spiro atoms. The van der Waals surface area contributed by atoms with Crippen molar-refractivity contribution in [3.8, 4) is 0 Å². The highest BCUT2D eigenvalue weighted by Gasteiger charge is 2.12. The van der Waals surface area contributed by atoms with Crippen LogP contribution in [0, 0.1) is 17.0 Å². The lowest BCUT2D eigenvalue weighted by molar-refractivity contribution is -0.384. The number of hydrogen-bond acceptors (Lipinski definition) is 3. The van der Waals surface area contributed by atoms with Crippen molar-refractivity contribution < 1.29 is 10.0 Å². The van der Waals surface area contributed by atoms with Gasteiger partial charge in [-0.3, -0.25) is 10.1 Å². The maximum atomic E-state index is 10.7. The topological polar surface area (TPSA) is 63.4 Å². The first-order valence-corrected chi connectivity index (χ1v) is 6.05. The summed E-state index contributed by atoms with van der Waals surface area (Å²) in [5, 5.41) is 20.8. The average Bonchev–Trinajstić information content (AvgIpc) is 2.41. The molecule has 0 radical (unpaired) electrons. The Bertz CT molecular complexity index is 581. The number of aliphatic hydroxyl groups excluding tert-OH is 1. The van der Waals surface area contributed by atoms with Gasteiger partial charge in [-0.2, -0.15) is 0 Å². The molecule has 2 aromatic carbocycles. The van der Waals surface area contributed by atoms with Crippen LogP contribution in [-0.2, 0) is 6.42 Å². The Labute approximate surface area is 111 Å². The summed E-state index contributed by atoms with van der Waals surface area (Å²) in [6.07, 6.45) is -0.144. The molecule has 0 fully saturated rings. The number of nitro benzene ring substituents is 1. The third-order valence-corrected chi connectivity index (χ3v) is 3.13. The first kappa shape index (κ1) is 13.2. The SMILES string of the molecule is Cc1cc([N+](=O)[O-])ccc1CC(O)c1ccccc1. The number of nitrogens with zero attached hydrogens (tertiary/aromatic N) is 1. The fourth-order valence-corrected chi connectivity index (χ4v) is 2.02. The average molecular weight is 257 g/mol. The highest BCUT2D eigenvalue weighted by molar-refractivity contribution is 5.39. The number of nitro groups is 1. The lowest BCUT2D eigenvalue weighted by Crippen LogP contribution is -2.03. The van der Waals surface area contributed by atoms with E-state index in [0.29, 0.717) is 6.42 Å². The van der Waals surface area contributed by atoms with Crippen molar-refractivity contribution in [2.75, 3.05) is 0 Å². The van der Waals surface area contributed by atoms with E-state index in [1.807, 2.05) is 37.3 Å². The Morgan fingerprint density at radius 1 is 1.21 bits per heavy atom. The monoisotopic (exact) mass is 257 g/mol. The van der Waals surface area contributed by atoms with E-state index >= 15 is 0 Å². The van der Waals surface area contributed by atoms with Crippen LogP contribution < -0.4 is 0 Å². The highest BCUT2D eigenvalue weighted by Crippen LogP contribution is 2.23. The van der Waals surface area contributed by atoms with E-state index in [2.05, 4.69) is 0 Å². The van der Waals surface area contributed by atoms with E-state index in [9.17, 15) is 15.2 Å². The molecule has 0 bridgehead atoms. The quantitative estimate of drug-likeness (QED) is 0.675. The predicted octanol–water partition coefficient (Wildman–Crippen LogP) is 3.18. The molecule has 1 atom stereocenters. The van der Waals surface area contributed by atoms with Gasteiger partial charge in [-0.15, -0.1) is 0 Å². The minimum absolute atomic E-state index is 0.0791. The molecular formula is C15H15NO3. The fraction of sp³-hybridized carbons (Fsp3) is 0.200. The van der Waals surface area contributed by atoms with Gasteiger partial charge in [-0.05, 0) is 23.6 Å². The van der Waals surface area contributed by atoms with E-state index in [1.165, 1.54) is 12.1 Å². The Morgan fingerprint density at radius 2 is 1.89 bits per heavy atom. The summed E-state index contributed by atoms with van der Waals surface area (Å²) in [7, 11) is 0. The number of rotatable bonds is 4. The second-order valence-corrected chi connectivity index (χ2v) is 4.50. The lowest BCUT2D eigenvalue weighted by atomic mass is 9.98. The van der Waals surface area contributed by atoms with Crippen LogP contribution >= 0.6 is 0 Å². The van der Waals surface area contributed by atoms with E-state index in [-0.39, 0.29) is 5.69 Å². The summed E-state index contributed by atoms with van der Waals surface area (Å²) in [5.41, 5.74) is 2.67. The van der Waals surface area contributed by atoms with E-state index in [4.69, 9.17) is 0 Å². The van der Waals surface area contributed by atoms with Crippen molar-refractivity contribution in [3.63, 3.8) is 0 Å². The van der Waals surface area contributed by atoms with Crippen LogP contribution in [0.5, 0.6) is 0 Å². The summed E-state index contributed by atoms with van der Waals surface area (Å²) < 4.78 is 0. The van der Waals surface area contributed by atoms with Crippen molar-refractivity contribution in [1.29, 1.82) is 0 Å². The number of hydrogen-bond donors (Lipinski definition) is 1. The summed E-state index contributed by atoms with van der Waals surface area (Å²) in [5.74, 6) is 0. The number of benzene rings is 2. The molecule has 4 heteroatoms. The fourth-order valence-electron chi connectivity index (χ4n) is 2.02. The number of non-ortho nitro benzene ring substituents is 1. The summed E-state index contributed by atoms with van der Waals surface area (Å²) in [6.45, 7) is 1.82. The van der Waals surface area contributed by atoms with Crippen molar-refractivity contribution in [3.05, 3.63) is 75.3 Å². The molecule has 4 nitrogen and oxygen atoms in total. The molecule has 0 aliphatic rings. The van der Waals surface area contributed by atoms with Gasteiger partial charge in [0.25, 0.3) is 5.69 Å². The van der Waals surface area contributed by atoms with Gasteiger partial charge in [-0.1, -0.05) is 36.4 Å². The van der Waals surface area contributed by atoms with Crippen LogP contribution in [0.2, 0.25) is 0 Å². The largest absolute Gasteiger partial charge is 0.388 e. The molecular weight excluding hydrogens is 242 g/mol. The van der Waals surface area contributed by atoms with E-state index in [1.54, 1.807) is 6.07 Å². The Balaban J connectivity index is 2.18. The van der Waals surface area contributed by atoms with Gasteiger partial charge in [0.05, 0.1) is 11.0 Å². The molecule has 0 aromatic heterocycles. The van der Waals surface area contributed by atoms with Crippen molar-refractivity contribution in [2.24, 2.45) is 0 Å². The number of aliphatic hydroxyl groups is 1. The first-order chi connectivity index (χ1) is 9.08. The minimum atomic E-state index is -0.596. The molecule has 98 valence electrons. The molecule has 1 unspecified atom stereocenters. The molecule has 0 heterocycles. The van der Waals surface area contributed by atoms with E-state index in [0.717, 1.165) is 16.7 Å². The second-order valence-electron chi connectivity index (χ2n) is 4.50. The van der Waals surface area contributed by atoms with Gasteiger partial charge < -0.3 is 5.11 Å². The smallest absolute Gasteiger partial charge is 0.269 e. The molecule has 0 aliphatic heterocycles. The lowest BCUT2D eigenvalue weighted by Gasteiger charge is -2.12. The first-order valence-electron chi connectivity index (χ1n) is 6.05. The third-order valence-electron chi connectivity index (χ3n) is 3.13. The van der Waals surface area contributed by atoms with Crippen LogP contribution in [0.4, 0.5) is 5.69 Å². The van der Waals surface area contributed by atoms with Crippen LogP contribution in [0.25, 0.3) is 0 Å². The number of aryl methyl sites for hydroxylation is 1. The molecule has 0 aliphatic carbocycles. The normalized spacial score (nSPS) is 12.1. The summed E-state index contributed by atoms with van der Waals surface area (Å²) in [6, 6.07) is 14.1. The minimum Gasteiger partial charge on any atom is -0.388 e. The highest BCUT2D eigenvalue weighted by atomic mass is 16.6. The molecule has 2 aromatic rings. The van der Waals surface area contributed by atoms with Gasteiger partial charge in [0.1, 0.15) is 0 Å². The second kappa shape index (κ2) is 5.63. The zero-order valence-electron chi connectivity index (χ0n) is 10.6. The zero-order valence-corrected chi connectivity index (χ0v) is 10.6. The molecule has 1 N–H and O–H groups in total. The molecule has 0 saturated heterocycles. The Kier molecular flexibility index (Phi) is 3.92. The molecule has 0 saturated carbocycles. The van der Waals surface area contributed by atoms with E-state index < -0.39 is 11.0 Å². The van der Waals surface area contributed by atoms with Gasteiger partial charge in [0, 0.05) is 18.6 Å². The molecule has 0 amide bonds. The maximum absolute atomic E-state index is 10.7. The van der Waals surface area contributed by atoms with Crippen LogP contribution in [-0.4, -0.2) is 10.0 Å². The van der Waals surface area contributed by atoms with Crippen molar-refractivity contribution in [1.82, 2.24) is 0 Å². The maximum Gasteiger partial charge on any atom is 0.269 e. The molecule has 19 heavy (non-hydrogen) atoms. The van der Waals surface area contributed by atoms with Gasteiger partial charge >= 0.3 is 0 Å².